The fourth-order valence-corrected chi connectivity index (χ4v) is 4.34. The first-order chi connectivity index (χ1) is 14.9. The highest BCUT2D eigenvalue weighted by Crippen LogP contribution is 2.29. The van der Waals surface area contributed by atoms with Crippen molar-refractivity contribution in [3.63, 3.8) is 0 Å². The molecule has 0 atom stereocenters. The molecule has 156 valence electrons. The molecular weight excluding hydrogens is 424 g/mol. The standard InChI is InChI=1S/C24H22N4OS2/c1-27(2)23-11-9-21(30-23)7-5-19-13-17(18(15-25)16-26)14-20(29-19)6-8-22-10-12-24(31-22)28(3)4/h5-14H,1-4H3/b7-5+,8-6+. The third kappa shape index (κ3) is 5.76. The maximum atomic E-state index is 9.30. The van der Waals surface area contributed by atoms with Gasteiger partial charge in [0.15, 0.2) is 0 Å². The van der Waals surface area contributed by atoms with E-state index in [2.05, 4.69) is 21.9 Å². The lowest BCUT2D eigenvalue weighted by atomic mass is 10.1. The van der Waals surface area contributed by atoms with Crippen LogP contribution < -0.4 is 9.80 Å². The van der Waals surface area contributed by atoms with Crippen LogP contribution in [0.4, 0.5) is 10.0 Å². The zero-order valence-electron chi connectivity index (χ0n) is 17.8. The van der Waals surface area contributed by atoms with E-state index >= 15 is 0 Å². The highest BCUT2D eigenvalue weighted by Gasteiger charge is 2.12. The zero-order chi connectivity index (χ0) is 22.4. The smallest absolute Gasteiger partial charge is 0.137 e. The molecule has 0 saturated heterocycles. The van der Waals surface area contributed by atoms with Crippen molar-refractivity contribution in [3.8, 4) is 12.1 Å². The Morgan fingerprint density at radius 2 is 1.23 bits per heavy atom. The lowest BCUT2D eigenvalue weighted by Crippen LogP contribution is -2.05. The lowest BCUT2D eigenvalue weighted by Gasteiger charge is -2.14. The number of ether oxygens (including phenoxy) is 1. The molecule has 0 aromatic carbocycles. The van der Waals surface area contributed by atoms with Crippen LogP contribution in [0.15, 0.2) is 71.2 Å². The van der Waals surface area contributed by atoms with Gasteiger partial charge in [0.2, 0.25) is 0 Å². The van der Waals surface area contributed by atoms with Crippen LogP contribution in [0.1, 0.15) is 9.75 Å². The van der Waals surface area contributed by atoms with Crippen molar-refractivity contribution < 1.29 is 4.74 Å². The van der Waals surface area contributed by atoms with Gasteiger partial charge in [0, 0.05) is 43.5 Å². The van der Waals surface area contributed by atoms with Crippen molar-refractivity contribution in [1.29, 1.82) is 10.5 Å². The first kappa shape index (κ1) is 22.2. The van der Waals surface area contributed by atoms with Gasteiger partial charge in [-0.1, -0.05) is 0 Å². The fourth-order valence-electron chi connectivity index (χ4n) is 2.68. The molecule has 3 heterocycles. The number of rotatable bonds is 6. The van der Waals surface area contributed by atoms with E-state index in [9.17, 15) is 10.5 Å². The van der Waals surface area contributed by atoms with Crippen LogP contribution >= 0.6 is 22.7 Å². The topological polar surface area (TPSA) is 63.3 Å². The SMILES string of the molecule is CN(C)c1ccc(/C=C/C2=CC(=C(C#N)C#N)C=C(/C=C/c3ccc(N(C)C)s3)O2)s1. The minimum absolute atomic E-state index is 0.0529. The zero-order valence-corrected chi connectivity index (χ0v) is 19.4. The van der Waals surface area contributed by atoms with E-state index in [1.165, 1.54) is 0 Å². The summed E-state index contributed by atoms with van der Waals surface area (Å²) in [7, 11) is 8.03. The number of thiophene rings is 2. The van der Waals surface area contributed by atoms with Gasteiger partial charge in [-0.25, -0.2) is 0 Å². The second-order valence-corrected chi connectivity index (χ2v) is 9.24. The average molecular weight is 447 g/mol. The lowest BCUT2D eigenvalue weighted by molar-refractivity contribution is 0.332. The summed E-state index contributed by atoms with van der Waals surface area (Å²) in [5.74, 6) is 1.14. The third-order valence-electron chi connectivity index (χ3n) is 4.27. The predicted molar refractivity (Wildman–Crippen MR) is 131 cm³/mol. The van der Waals surface area contributed by atoms with Gasteiger partial charge < -0.3 is 14.5 Å². The van der Waals surface area contributed by atoms with Crippen LogP contribution in [-0.2, 0) is 4.74 Å². The summed E-state index contributed by atoms with van der Waals surface area (Å²) in [5.41, 5.74) is 0.591. The van der Waals surface area contributed by atoms with E-state index in [0.29, 0.717) is 17.1 Å². The molecule has 2 aromatic heterocycles. The Bertz CT molecular complexity index is 1100. The number of anilines is 2. The molecule has 31 heavy (non-hydrogen) atoms. The van der Waals surface area contributed by atoms with Crippen molar-refractivity contribution in [1.82, 2.24) is 0 Å². The summed E-state index contributed by atoms with van der Waals surface area (Å²) in [4.78, 5) is 6.29. The van der Waals surface area contributed by atoms with Crippen molar-refractivity contribution in [3.05, 3.63) is 81.0 Å². The molecule has 1 aliphatic rings. The summed E-state index contributed by atoms with van der Waals surface area (Å²) in [6.45, 7) is 0. The molecule has 0 bridgehead atoms. The van der Waals surface area contributed by atoms with Gasteiger partial charge in [0.25, 0.3) is 0 Å². The summed E-state index contributed by atoms with van der Waals surface area (Å²) < 4.78 is 5.99. The largest absolute Gasteiger partial charge is 0.457 e. The highest BCUT2D eigenvalue weighted by atomic mass is 32.1. The quantitative estimate of drug-likeness (QED) is 0.524. The Hall–Kier alpha value is -3.52. The molecule has 0 aliphatic carbocycles. The summed E-state index contributed by atoms with van der Waals surface area (Å²) in [5, 5.41) is 20.9. The van der Waals surface area contributed by atoms with Gasteiger partial charge in [-0.05, 0) is 60.7 Å². The van der Waals surface area contributed by atoms with Crippen LogP contribution in [-0.4, -0.2) is 28.2 Å². The first-order valence-corrected chi connectivity index (χ1v) is 11.1. The number of allylic oxidation sites excluding steroid dienone is 6. The van der Waals surface area contributed by atoms with Gasteiger partial charge >= 0.3 is 0 Å². The number of hydrogen-bond donors (Lipinski definition) is 0. The van der Waals surface area contributed by atoms with E-state index in [1.54, 1.807) is 34.8 Å². The third-order valence-corrected chi connectivity index (χ3v) is 6.71. The Kier molecular flexibility index (Phi) is 7.15. The number of hydrogen-bond acceptors (Lipinski definition) is 7. The predicted octanol–water partition coefficient (Wildman–Crippen LogP) is 5.81. The van der Waals surface area contributed by atoms with E-state index in [1.807, 2.05) is 76.8 Å². The molecular formula is C24H22N4OS2. The van der Waals surface area contributed by atoms with Gasteiger partial charge in [0.1, 0.15) is 29.2 Å². The summed E-state index contributed by atoms with van der Waals surface area (Å²) in [6, 6.07) is 12.1. The van der Waals surface area contributed by atoms with Gasteiger partial charge in [-0.15, -0.1) is 22.7 Å². The molecule has 7 heteroatoms. The molecule has 0 spiro atoms. The molecule has 0 fully saturated rings. The molecule has 0 saturated carbocycles. The van der Waals surface area contributed by atoms with Crippen molar-refractivity contribution in [2.24, 2.45) is 0 Å². The highest BCUT2D eigenvalue weighted by molar-refractivity contribution is 7.17. The molecule has 1 aliphatic heterocycles. The second-order valence-electron chi connectivity index (χ2n) is 7.06. The number of nitrogens with zero attached hydrogens (tertiary/aromatic N) is 4. The molecule has 0 amide bonds. The van der Waals surface area contributed by atoms with Gasteiger partial charge in [-0.3, -0.25) is 0 Å². The molecule has 3 rings (SSSR count). The Morgan fingerprint density at radius 3 is 1.58 bits per heavy atom. The Balaban J connectivity index is 1.86. The maximum Gasteiger partial charge on any atom is 0.137 e. The van der Waals surface area contributed by atoms with E-state index in [4.69, 9.17) is 4.74 Å². The van der Waals surface area contributed by atoms with E-state index < -0.39 is 0 Å². The maximum absolute atomic E-state index is 9.30. The number of nitriles is 2. The fraction of sp³-hybridized carbons (Fsp3) is 0.167. The van der Waals surface area contributed by atoms with Crippen molar-refractivity contribution >= 4 is 44.8 Å². The molecule has 0 radical (unpaired) electrons. The summed E-state index contributed by atoms with van der Waals surface area (Å²) >= 11 is 3.33. The molecule has 5 nitrogen and oxygen atoms in total. The second kappa shape index (κ2) is 9.99. The van der Waals surface area contributed by atoms with Gasteiger partial charge in [-0.2, -0.15) is 10.5 Å². The van der Waals surface area contributed by atoms with Crippen LogP contribution in [0, 0.1) is 22.7 Å². The van der Waals surface area contributed by atoms with Crippen LogP contribution in [0.2, 0.25) is 0 Å². The Morgan fingerprint density at radius 1 is 0.774 bits per heavy atom. The average Bonchev–Trinajstić information content (AvgIpc) is 3.41. The molecule has 0 N–H and O–H groups in total. The molecule has 2 aromatic rings. The first-order valence-electron chi connectivity index (χ1n) is 9.46. The Labute approximate surface area is 191 Å². The van der Waals surface area contributed by atoms with E-state index in [0.717, 1.165) is 19.8 Å². The van der Waals surface area contributed by atoms with E-state index in [-0.39, 0.29) is 5.57 Å². The molecule has 0 unspecified atom stereocenters. The minimum atomic E-state index is 0.0529. The monoisotopic (exact) mass is 446 g/mol. The van der Waals surface area contributed by atoms with Crippen LogP contribution in [0.5, 0.6) is 0 Å². The summed E-state index contributed by atoms with van der Waals surface area (Å²) in [6.07, 6.45) is 11.1. The van der Waals surface area contributed by atoms with Crippen LogP contribution in [0.3, 0.4) is 0 Å². The van der Waals surface area contributed by atoms with Crippen molar-refractivity contribution in [2.75, 3.05) is 38.0 Å². The van der Waals surface area contributed by atoms with Crippen molar-refractivity contribution in [2.45, 2.75) is 0 Å². The normalized spacial score (nSPS) is 13.4. The van der Waals surface area contributed by atoms with Gasteiger partial charge in [0.05, 0.1) is 10.0 Å². The minimum Gasteiger partial charge on any atom is -0.457 e. The van der Waals surface area contributed by atoms with Crippen LogP contribution in [0.25, 0.3) is 12.2 Å².